The Balaban J connectivity index is 1.86. The number of nitrogens with zero attached hydrogens (tertiary/aromatic N) is 2. The SMILES string of the molecule is CCCCCCCCCCn1c(CCNC(=O)C(C)C)nc2ccccc21. The van der Waals surface area contributed by atoms with Gasteiger partial charge in [-0.15, -0.1) is 0 Å². The molecule has 0 unspecified atom stereocenters. The molecule has 0 atom stereocenters. The molecule has 0 bridgehead atoms. The van der Waals surface area contributed by atoms with Gasteiger partial charge in [0.1, 0.15) is 5.82 Å². The molecular formula is C23H37N3O. The number of nitrogens with one attached hydrogen (secondary N) is 1. The fraction of sp³-hybridized carbons (Fsp3) is 0.652. The molecule has 2 rings (SSSR count). The van der Waals surface area contributed by atoms with E-state index in [2.05, 4.69) is 35.0 Å². The molecule has 4 heteroatoms. The van der Waals surface area contributed by atoms with Gasteiger partial charge in [0, 0.05) is 25.4 Å². The summed E-state index contributed by atoms with van der Waals surface area (Å²) >= 11 is 0. The van der Waals surface area contributed by atoms with Gasteiger partial charge in [-0.1, -0.05) is 77.8 Å². The number of para-hydroxylation sites is 2. The van der Waals surface area contributed by atoms with Crippen molar-refractivity contribution in [2.75, 3.05) is 6.54 Å². The van der Waals surface area contributed by atoms with E-state index in [0.29, 0.717) is 6.54 Å². The lowest BCUT2D eigenvalue weighted by molar-refractivity contribution is -0.123. The van der Waals surface area contributed by atoms with Crippen LogP contribution in [0.3, 0.4) is 0 Å². The zero-order valence-electron chi connectivity index (χ0n) is 17.5. The maximum Gasteiger partial charge on any atom is 0.222 e. The van der Waals surface area contributed by atoms with Gasteiger partial charge in [-0.25, -0.2) is 4.98 Å². The highest BCUT2D eigenvalue weighted by atomic mass is 16.1. The standard InChI is InChI=1S/C23H37N3O/c1-4-5-6-7-8-9-10-13-18-26-21-15-12-11-14-20(21)25-22(26)16-17-24-23(27)19(2)3/h11-12,14-15,19H,4-10,13,16-18H2,1-3H3,(H,24,27). The predicted octanol–water partition coefficient (Wildman–Crippen LogP) is 5.49. The van der Waals surface area contributed by atoms with E-state index < -0.39 is 0 Å². The molecule has 0 radical (unpaired) electrons. The van der Waals surface area contributed by atoms with E-state index in [1.165, 1.54) is 56.9 Å². The quantitative estimate of drug-likeness (QED) is 0.473. The smallest absolute Gasteiger partial charge is 0.222 e. The number of amides is 1. The Hall–Kier alpha value is -1.84. The number of hydrogen-bond donors (Lipinski definition) is 1. The maximum atomic E-state index is 11.8. The van der Waals surface area contributed by atoms with Crippen LogP contribution in [0.2, 0.25) is 0 Å². The van der Waals surface area contributed by atoms with Gasteiger partial charge in [0.15, 0.2) is 0 Å². The molecule has 0 fully saturated rings. The van der Waals surface area contributed by atoms with Crippen molar-refractivity contribution in [2.24, 2.45) is 5.92 Å². The topological polar surface area (TPSA) is 46.9 Å². The second-order valence-corrected chi connectivity index (χ2v) is 7.84. The van der Waals surface area contributed by atoms with Gasteiger partial charge in [-0.05, 0) is 18.6 Å². The molecule has 0 spiro atoms. The van der Waals surface area contributed by atoms with E-state index in [4.69, 9.17) is 4.98 Å². The van der Waals surface area contributed by atoms with E-state index >= 15 is 0 Å². The lowest BCUT2D eigenvalue weighted by atomic mass is 10.1. The highest BCUT2D eigenvalue weighted by Crippen LogP contribution is 2.18. The number of unbranched alkanes of at least 4 members (excludes halogenated alkanes) is 7. The van der Waals surface area contributed by atoms with Crippen LogP contribution >= 0.6 is 0 Å². The Kier molecular flexibility index (Phi) is 9.37. The molecule has 0 saturated carbocycles. The summed E-state index contributed by atoms with van der Waals surface area (Å²) in [7, 11) is 0. The van der Waals surface area contributed by atoms with Crippen LogP contribution in [0.25, 0.3) is 11.0 Å². The van der Waals surface area contributed by atoms with Gasteiger partial charge < -0.3 is 9.88 Å². The third-order valence-corrected chi connectivity index (χ3v) is 5.14. The molecular weight excluding hydrogens is 334 g/mol. The van der Waals surface area contributed by atoms with Crippen LogP contribution in [0.4, 0.5) is 0 Å². The Morgan fingerprint density at radius 1 is 1.04 bits per heavy atom. The molecule has 1 heterocycles. The summed E-state index contributed by atoms with van der Waals surface area (Å²) < 4.78 is 2.36. The highest BCUT2D eigenvalue weighted by molar-refractivity contribution is 5.78. The minimum Gasteiger partial charge on any atom is -0.355 e. The highest BCUT2D eigenvalue weighted by Gasteiger charge is 2.11. The van der Waals surface area contributed by atoms with Gasteiger partial charge in [-0.3, -0.25) is 4.79 Å². The number of fused-ring (bicyclic) bond motifs is 1. The minimum absolute atomic E-state index is 0.0288. The van der Waals surface area contributed by atoms with Crippen LogP contribution in [0.15, 0.2) is 24.3 Å². The molecule has 4 nitrogen and oxygen atoms in total. The van der Waals surface area contributed by atoms with Crippen LogP contribution in [-0.2, 0) is 17.8 Å². The number of imidazole rings is 1. The number of rotatable bonds is 13. The lowest BCUT2D eigenvalue weighted by Crippen LogP contribution is -2.30. The van der Waals surface area contributed by atoms with Gasteiger partial charge in [-0.2, -0.15) is 0 Å². The molecule has 1 aromatic carbocycles. The number of aryl methyl sites for hydroxylation is 1. The first-order valence-corrected chi connectivity index (χ1v) is 10.8. The van der Waals surface area contributed by atoms with Crippen molar-refractivity contribution in [1.29, 1.82) is 0 Å². The fourth-order valence-electron chi connectivity index (χ4n) is 3.47. The second-order valence-electron chi connectivity index (χ2n) is 7.84. The predicted molar refractivity (Wildman–Crippen MR) is 114 cm³/mol. The largest absolute Gasteiger partial charge is 0.355 e. The van der Waals surface area contributed by atoms with Crippen molar-refractivity contribution >= 4 is 16.9 Å². The van der Waals surface area contributed by atoms with E-state index in [1.54, 1.807) is 0 Å². The molecule has 0 aliphatic heterocycles. The van der Waals surface area contributed by atoms with Gasteiger partial charge >= 0.3 is 0 Å². The number of aromatic nitrogens is 2. The third-order valence-electron chi connectivity index (χ3n) is 5.14. The zero-order chi connectivity index (χ0) is 19.5. The minimum atomic E-state index is 0.0288. The van der Waals surface area contributed by atoms with E-state index in [0.717, 1.165) is 24.3 Å². The van der Waals surface area contributed by atoms with Crippen molar-refractivity contribution in [1.82, 2.24) is 14.9 Å². The van der Waals surface area contributed by atoms with Crippen LogP contribution < -0.4 is 5.32 Å². The number of benzene rings is 1. The number of carbonyl (C=O) groups is 1. The molecule has 0 saturated heterocycles. The third kappa shape index (κ3) is 7.00. The molecule has 1 amide bonds. The van der Waals surface area contributed by atoms with Gasteiger partial charge in [0.25, 0.3) is 0 Å². The average molecular weight is 372 g/mol. The van der Waals surface area contributed by atoms with E-state index in [1.807, 2.05) is 19.9 Å². The Morgan fingerprint density at radius 2 is 1.70 bits per heavy atom. The summed E-state index contributed by atoms with van der Waals surface area (Å²) in [4.78, 5) is 16.6. The first-order chi connectivity index (χ1) is 13.1. The molecule has 0 aliphatic carbocycles. The summed E-state index contributed by atoms with van der Waals surface area (Å²) in [5.41, 5.74) is 2.27. The second kappa shape index (κ2) is 11.8. The summed E-state index contributed by atoms with van der Waals surface area (Å²) in [5.74, 6) is 1.23. The van der Waals surface area contributed by atoms with Gasteiger partial charge in [0.2, 0.25) is 5.91 Å². The monoisotopic (exact) mass is 371 g/mol. The summed E-state index contributed by atoms with van der Waals surface area (Å²) in [5, 5.41) is 3.01. The Labute approximate surface area is 164 Å². The molecule has 2 aromatic rings. The van der Waals surface area contributed by atoms with Crippen molar-refractivity contribution in [3.8, 4) is 0 Å². The van der Waals surface area contributed by atoms with Crippen molar-refractivity contribution in [2.45, 2.75) is 85.1 Å². The lowest BCUT2D eigenvalue weighted by Gasteiger charge is -2.11. The van der Waals surface area contributed by atoms with E-state index in [9.17, 15) is 4.79 Å². The molecule has 1 aromatic heterocycles. The maximum absolute atomic E-state index is 11.8. The molecule has 1 N–H and O–H groups in total. The average Bonchev–Trinajstić information content (AvgIpc) is 3.01. The number of carbonyl (C=O) groups excluding carboxylic acids is 1. The number of hydrogen-bond acceptors (Lipinski definition) is 2. The summed E-state index contributed by atoms with van der Waals surface area (Å²) in [6.45, 7) is 7.78. The van der Waals surface area contributed by atoms with Crippen molar-refractivity contribution in [3.63, 3.8) is 0 Å². The molecule has 150 valence electrons. The van der Waals surface area contributed by atoms with Gasteiger partial charge in [0.05, 0.1) is 11.0 Å². The van der Waals surface area contributed by atoms with Crippen LogP contribution in [0, 0.1) is 5.92 Å². The Bertz CT molecular complexity index is 690. The first kappa shape index (κ1) is 21.5. The van der Waals surface area contributed by atoms with Crippen LogP contribution in [0.5, 0.6) is 0 Å². The van der Waals surface area contributed by atoms with E-state index in [-0.39, 0.29) is 11.8 Å². The molecule has 0 aliphatic rings. The fourth-order valence-corrected chi connectivity index (χ4v) is 3.47. The summed E-state index contributed by atoms with van der Waals surface area (Å²) in [6.07, 6.45) is 11.4. The van der Waals surface area contributed by atoms with Crippen LogP contribution in [0.1, 0.15) is 78.0 Å². The Morgan fingerprint density at radius 3 is 2.41 bits per heavy atom. The van der Waals surface area contributed by atoms with Crippen LogP contribution in [-0.4, -0.2) is 22.0 Å². The zero-order valence-corrected chi connectivity index (χ0v) is 17.5. The summed E-state index contributed by atoms with van der Waals surface area (Å²) in [6, 6.07) is 8.36. The first-order valence-electron chi connectivity index (χ1n) is 10.8. The van der Waals surface area contributed by atoms with Crippen molar-refractivity contribution in [3.05, 3.63) is 30.1 Å². The van der Waals surface area contributed by atoms with Crippen molar-refractivity contribution < 1.29 is 4.79 Å². The normalized spacial score (nSPS) is 11.4. The molecule has 27 heavy (non-hydrogen) atoms.